The highest BCUT2D eigenvalue weighted by Crippen LogP contribution is 2.22. The van der Waals surface area contributed by atoms with Gasteiger partial charge in [0.15, 0.2) is 5.65 Å². The molecule has 5 nitrogen and oxygen atoms in total. The van der Waals surface area contributed by atoms with Gasteiger partial charge in [0.05, 0.1) is 24.3 Å². The molecule has 0 aliphatic carbocycles. The summed E-state index contributed by atoms with van der Waals surface area (Å²) >= 11 is 0. The van der Waals surface area contributed by atoms with Crippen molar-refractivity contribution in [3.8, 4) is 0 Å². The Morgan fingerprint density at radius 3 is 3.16 bits per heavy atom. The van der Waals surface area contributed by atoms with Crippen molar-refractivity contribution in [2.75, 3.05) is 25.4 Å². The number of rotatable bonds is 3. The minimum absolute atomic E-state index is 0.650. The molecule has 2 aromatic rings. The van der Waals surface area contributed by atoms with E-state index >= 15 is 0 Å². The summed E-state index contributed by atoms with van der Waals surface area (Å²) in [6.07, 6.45) is 9.15. The lowest BCUT2D eigenvalue weighted by Gasteiger charge is -2.31. The lowest BCUT2D eigenvalue weighted by molar-refractivity contribution is 0.182. The van der Waals surface area contributed by atoms with Crippen LogP contribution in [-0.2, 0) is 6.42 Å². The first-order chi connectivity index (χ1) is 9.26. The zero-order valence-corrected chi connectivity index (χ0v) is 11.4. The minimum atomic E-state index is 0.650. The summed E-state index contributed by atoms with van der Waals surface area (Å²) in [6, 6.07) is 0. The van der Waals surface area contributed by atoms with Crippen LogP contribution >= 0.6 is 0 Å². The maximum Gasteiger partial charge on any atom is 0.158 e. The van der Waals surface area contributed by atoms with Crippen molar-refractivity contribution >= 4 is 11.3 Å². The summed E-state index contributed by atoms with van der Waals surface area (Å²) < 4.78 is 1.78. The maximum atomic E-state index is 5.72. The average molecular weight is 259 g/mol. The predicted octanol–water partition coefficient (Wildman–Crippen LogP) is 1.59. The molecule has 5 heteroatoms. The Hall–Kier alpha value is -1.62. The van der Waals surface area contributed by atoms with Gasteiger partial charge in [-0.2, -0.15) is 5.10 Å². The third-order valence-corrected chi connectivity index (χ3v) is 4.01. The zero-order valence-electron chi connectivity index (χ0n) is 11.4. The van der Waals surface area contributed by atoms with Crippen molar-refractivity contribution in [1.82, 2.24) is 19.5 Å². The molecule has 1 fully saturated rings. The van der Waals surface area contributed by atoms with Gasteiger partial charge in [0.1, 0.15) is 0 Å². The van der Waals surface area contributed by atoms with Gasteiger partial charge in [0.25, 0.3) is 0 Å². The van der Waals surface area contributed by atoms with E-state index in [1.165, 1.54) is 31.5 Å². The van der Waals surface area contributed by atoms with Crippen LogP contribution in [0.5, 0.6) is 0 Å². The van der Waals surface area contributed by atoms with Crippen LogP contribution < -0.4 is 5.73 Å². The second kappa shape index (κ2) is 5.17. The minimum Gasteiger partial charge on any atom is -0.396 e. The Morgan fingerprint density at radius 2 is 2.32 bits per heavy atom. The molecule has 0 saturated carbocycles. The van der Waals surface area contributed by atoms with Crippen LogP contribution in [0.1, 0.15) is 25.3 Å². The van der Waals surface area contributed by atoms with E-state index < -0.39 is 0 Å². The molecule has 2 N–H and O–H groups in total. The van der Waals surface area contributed by atoms with Gasteiger partial charge >= 0.3 is 0 Å². The first kappa shape index (κ1) is 12.4. The summed E-state index contributed by atoms with van der Waals surface area (Å²) in [6.45, 7) is 5.83. The van der Waals surface area contributed by atoms with Gasteiger partial charge < -0.3 is 10.6 Å². The molecule has 0 bridgehead atoms. The zero-order chi connectivity index (χ0) is 13.2. The molecule has 1 unspecified atom stereocenters. The van der Waals surface area contributed by atoms with Crippen LogP contribution in [0.3, 0.4) is 0 Å². The topological polar surface area (TPSA) is 59.5 Å². The van der Waals surface area contributed by atoms with Crippen LogP contribution in [0.2, 0.25) is 0 Å². The first-order valence-electron chi connectivity index (χ1n) is 7.06. The normalized spacial score (nSPS) is 21.0. The number of piperidine rings is 1. The largest absolute Gasteiger partial charge is 0.396 e. The molecule has 1 atom stereocenters. The Morgan fingerprint density at radius 1 is 1.42 bits per heavy atom. The molecule has 1 saturated heterocycles. The van der Waals surface area contributed by atoms with Gasteiger partial charge in [-0.1, -0.05) is 6.92 Å². The molecule has 0 amide bonds. The summed E-state index contributed by atoms with van der Waals surface area (Å²) in [7, 11) is 0. The van der Waals surface area contributed by atoms with E-state index in [9.17, 15) is 0 Å². The predicted molar refractivity (Wildman–Crippen MR) is 75.9 cm³/mol. The number of likely N-dealkylation sites (tertiary alicyclic amines) is 1. The SMILES string of the molecule is CCN1CCCC(Cc2cnn3cc(N)cnc23)C1. The van der Waals surface area contributed by atoms with E-state index in [1.807, 2.05) is 12.4 Å². The van der Waals surface area contributed by atoms with E-state index in [2.05, 4.69) is 21.9 Å². The van der Waals surface area contributed by atoms with Crippen molar-refractivity contribution < 1.29 is 0 Å². The molecule has 1 aliphatic heterocycles. The fourth-order valence-corrected chi connectivity index (χ4v) is 3.00. The van der Waals surface area contributed by atoms with E-state index in [4.69, 9.17) is 5.73 Å². The molecule has 1 aliphatic rings. The van der Waals surface area contributed by atoms with Gasteiger partial charge in [-0.25, -0.2) is 9.50 Å². The van der Waals surface area contributed by atoms with Gasteiger partial charge in [0.2, 0.25) is 0 Å². The first-order valence-corrected chi connectivity index (χ1v) is 7.06. The smallest absolute Gasteiger partial charge is 0.158 e. The molecule has 0 aromatic carbocycles. The summed E-state index contributed by atoms with van der Waals surface area (Å²) in [5, 5.41) is 4.34. The molecule has 19 heavy (non-hydrogen) atoms. The number of nitrogens with zero attached hydrogens (tertiary/aromatic N) is 4. The lowest BCUT2D eigenvalue weighted by atomic mass is 9.92. The van der Waals surface area contributed by atoms with Crippen molar-refractivity contribution in [3.05, 3.63) is 24.2 Å². The Balaban J connectivity index is 1.77. The number of fused-ring (bicyclic) bond motifs is 1. The highest BCUT2D eigenvalue weighted by Gasteiger charge is 2.20. The van der Waals surface area contributed by atoms with Crippen LogP contribution in [-0.4, -0.2) is 39.1 Å². The number of hydrogen-bond donors (Lipinski definition) is 1. The van der Waals surface area contributed by atoms with Gasteiger partial charge in [-0.3, -0.25) is 0 Å². The van der Waals surface area contributed by atoms with Crippen LogP contribution in [0.15, 0.2) is 18.6 Å². The summed E-state index contributed by atoms with van der Waals surface area (Å²) in [5.74, 6) is 0.723. The van der Waals surface area contributed by atoms with Crippen LogP contribution in [0.4, 0.5) is 5.69 Å². The number of nitrogens with two attached hydrogens (primary N) is 1. The molecule has 3 rings (SSSR count). The molecular formula is C14H21N5. The molecule has 102 valence electrons. The van der Waals surface area contributed by atoms with Crippen molar-refractivity contribution in [3.63, 3.8) is 0 Å². The average Bonchev–Trinajstić information content (AvgIpc) is 2.81. The van der Waals surface area contributed by atoms with E-state index in [1.54, 1.807) is 10.7 Å². The molecular weight excluding hydrogens is 238 g/mol. The Labute approximate surface area is 113 Å². The highest BCUT2D eigenvalue weighted by molar-refractivity contribution is 5.49. The van der Waals surface area contributed by atoms with Crippen LogP contribution in [0, 0.1) is 5.92 Å². The molecule has 2 aromatic heterocycles. The summed E-state index contributed by atoms with van der Waals surface area (Å²) in [5.41, 5.74) is 8.56. The van der Waals surface area contributed by atoms with Crippen molar-refractivity contribution in [1.29, 1.82) is 0 Å². The number of nitrogen functional groups attached to an aromatic ring is 1. The molecule has 0 radical (unpaired) electrons. The Kier molecular flexibility index (Phi) is 3.38. The lowest BCUT2D eigenvalue weighted by Crippen LogP contribution is -2.35. The monoisotopic (exact) mass is 259 g/mol. The second-order valence-electron chi connectivity index (χ2n) is 5.43. The van der Waals surface area contributed by atoms with Crippen LogP contribution in [0.25, 0.3) is 5.65 Å². The fourth-order valence-electron chi connectivity index (χ4n) is 3.00. The molecule has 0 spiro atoms. The second-order valence-corrected chi connectivity index (χ2v) is 5.43. The number of hydrogen-bond acceptors (Lipinski definition) is 4. The van der Waals surface area contributed by atoms with Crippen molar-refractivity contribution in [2.45, 2.75) is 26.2 Å². The molecule has 3 heterocycles. The standard InChI is InChI=1S/C14H21N5/c1-2-18-5-3-4-11(9-18)6-12-7-17-19-10-13(15)8-16-14(12)19/h7-8,10-11H,2-6,9,15H2,1H3. The number of aromatic nitrogens is 3. The highest BCUT2D eigenvalue weighted by atomic mass is 15.2. The number of anilines is 1. The fraction of sp³-hybridized carbons (Fsp3) is 0.571. The van der Waals surface area contributed by atoms with Gasteiger partial charge in [-0.05, 0) is 38.3 Å². The van der Waals surface area contributed by atoms with E-state index in [-0.39, 0.29) is 0 Å². The maximum absolute atomic E-state index is 5.72. The third-order valence-electron chi connectivity index (χ3n) is 4.01. The van der Waals surface area contributed by atoms with Gasteiger partial charge in [0, 0.05) is 12.1 Å². The van der Waals surface area contributed by atoms with E-state index in [0.29, 0.717) is 5.69 Å². The quantitative estimate of drug-likeness (QED) is 0.909. The van der Waals surface area contributed by atoms with Crippen molar-refractivity contribution in [2.24, 2.45) is 5.92 Å². The summed E-state index contributed by atoms with van der Waals surface area (Å²) in [4.78, 5) is 6.94. The Bertz CT molecular complexity index is 562. The van der Waals surface area contributed by atoms with E-state index in [0.717, 1.165) is 24.5 Å². The van der Waals surface area contributed by atoms with Gasteiger partial charge in [-0.15, -0.1) is 0 Å². The third kappa shape index (κ3) is 2.56.